The largest absolute Gasteiger partial charge is 0.395 e. The van der Waals surface area contributed by atoms with E-state index in [2.05, 4.69) is 25.7 Å². The van der Waals surface area contributed by atoms with Crippen molar-refractivity contribution >= 4 is 11.7 Å². The van der Waals surface area contributed by atoms with E-state index in [1.54, 1.807) is 17.0 Å². The Morgan fingerprint density at radius 1 is 1.08 bits per heavy atom. The van der Waals surface area contributed by atoms with Gasteiger partial charge >= 0.3 is 0 Å². The van der Waals surface area contributed by atoms with Crippen molar-refractivity contribution in [3.8, 4) is 0 Å². The third-order valence-electron chi connectivity index (χ3n) is 5.01. The minimum Gasteiger partial charge on any atom is -0.395 e. The van der Waals surface area contributed by atoms with E-state index < -0.39 is 11.7 Å². The lowest BCUT2D eigenvalue weighted by atomic mass is 9.86. The molecular formula is C20H30N2O3. The highest BCUT2D eigenvalue weighted by molar-refractivity contribution is 6.42. The number of piperazine rings is 1. The fraction of sp³-hybridized carbons (Fsp3) is 0.600. The van der Waals surface area contributed by atoms with E-state index in [9.17, 15) is 14.7 Å². The van der Waals surface area contributed by atoms with Crippen LogP contribution in [-0.4, -0.2) is 65.4 Å². The Morgan fingerprint density at radius 3 is 2.08 bits per heavy atom. The van der Waals surface area contributed by atoms with E-state index in [0.717, 1.165) is 12.0 Å². The summed E-state index contributed by atoms with van der Waals surface area (Å²) in [5, 5.41) is 9.39. The maximum atomic E-state index is 12.5. The molecule has 1 aliphatic rings. The molecule has 0 aromatic heterocycles. The van der Waals surface area contributed by atoms with Crippen LogP contribution in [0.25, 0.3) is 0 Å². The van der Waals surface area contributed by atoms with Crippen molar-refractivity contribution in [2.45, 2.75) is 45.6 Å². The number of ketones is 1. The Balaban J connectivity index is 1.98. The van der Waals surface area contributed by atoms with E-state index in [1.165, 1.54) is 0 Å². The number of rotatable bonds is 5. The van der Waals surface area contributed by atoms with Gasteiger partial charge < -0.3 is 10.0 Å². The molecule has 1 N–H and O–H groups in total. The molecule has 2 rings (SSSR count). The van der Waals surface area contributed by atoms with Gasteiger partial charge in [0.15, 0.2) is 0 Å². The maximum absolute atomic E-state index is 12.5. The van der Waals surface area contributed by atoms with Crippen molar-refractivity contribution in [1.82, 2.24) is 9.80 Å². The summed E-state index contributed by atoms with van der Waals surface area (Å²) in [4.78, 5) is 28.8. The van der Waals surface area contributed by atoms with Crippen molar-refractivity contribution in [3.05, 3.63) is 35.4 Å². The molecule has 1 saturated heterocycles. The van der Waals surface area contributed by atoms with Gasteiger partial charge in [0.05, 0.1) is 6.61 Å². The molecule has 138 valence electrons. The SMILES string of the molecule is CCC(CO)N1CCN(C(=O)C(=O)c2ccc(C(C)(C)C)cc2)CC1. The molecule has 0 radical (unpaired) electrons. The summed E-state index contributed by atoms with van der Waals surface area (Å²) in [6.07, 6.45) is 0.878. The van der Waals surface area contributed by atoms with Crippen molar-refractivity contribution < 1.29 is 14.7 Å². The van der Waals surface area contributed by atoms with Crippen molar-refractivity contribution in [2.24, 2.45) is 0 Å². The number of aliphatic hydroxyl groups is 1. The second kappa shape index (κ2) is 8.11. The second-order valence-corrected chi connectivity index (χ2v) is 7.73. The first kappa shape index (κ1) is 19.6. The van der Waals surface area contributed by atoms with Crippen LogP contribution in [-0.2, 0) is 10.2 Å². The minimum atomic E-state index is -0.442. The van der Waals surface area contributed by atoms with Crippen molar-refractivity contribution in [3.63, 3.8) is 0 Å². The number of amides is 1. The first-order valence-electron chi connectivity index (χ1n) is 9.07. The molecule has 25 heavy (non-hydrogen) atoms. The van der Waals surface area contributed by atoms with Gasteiger partial charge in [-0.15, -0.1) is 0 Å². The number of carbonyl (C=O) groups excluding carboxylic acids is 2. The van der Waals surface area contributed by atoms with Gasteiger partial charge in [0.25, 0.3) is 5.91 Å². The molecule has 1 heterocycles. The number of benzene rings is 1. The molecule has 0 saturated carbocycles. The monoisotopic (exact) mass is 346 g/mol. The predicted molar refractivity (Wildman–Crippen MR) is 98.8 cm³/mol. The van der Waals surface area contributed by atoms with E-state index in [-0.39, 0.29) is 18.1 Å². The Labute approximate surface area is 150 Å². The quantitative estimate of drug-likeness (QED) is 0.655. The zero-order chi connectivity index (χ0) is 18.6. The summed E-state index contributed by atoms with van der Waals surface area (Å²) in [6, 6.07) is 7.47. The number of aliphatic hydroxyl groups excluding tert-OH is 1. The van der Waals surface area contributed by atoms with Gasteiger partial charge in [-0.1, -0.05) is 52.0 Å². The molecule has 0 spiro atoms. The molecule has 5 nitrogen and oxygen atoms in total. The number of carbonyl (C=O) groups is 2. The zero-order valence-corrected chi connectivity index (χ0v) is 15.8. The first-order chi connectivity index (χ1) is 11.8. The minimum absolute atomic E-state index is 0.0183. The van der Waals surface area contributed by atoms with Crippen LogP contribution in [0.3, 0.4) is 0 Å². The van der Waals surface area contributed by atoms with Crippen LogP contribution >= 0.6 is 0 Å². The summed E-state index contributed by atoms with van der Waals surface area (Å²) < 4.78 is 0. The van der Waals surface area contributed by atoms with E-state index in [0.29, 0.717) is 31.7 Å². The van der Waals surface area contributed by atoms with Gasteiger partial charge in [0.2, 0.25) is 5.78 Å². The molecule has 1 aromatic carbocycles. The van der Waals surface area contributed by atoms with Crippen molar-refractivity contribution in [1.29, 1.82) is 0 Å². The molecule has 0 aliphatic carbocycles. The highest BCUT2D eigenvalue weighted by Gasteiger charge is 2.29. The van der Waals surface area contributed by atoms with Crippen LogP contribution < -0.4 is 0 Å². The van der Waals surface area contributed by atoms with E-state index >= 15 is 0 Å². The molecule has 1 unspecified atom stereocenters. The first-order valence-corrected chi connectivity index (χ1v) is 9.07. The van der Waals surface area contributed by atoms with Gasteiger partial charge in [-0.3, -0.25) is 14.5 Å². The fourth-order valence-corrected chi connectivity index (χ4v) is 3.18. The Morgan fingerprint density at radius 2 is 1.64 bits per heavy atom. The predicted octanol–water partition coefficient (Wildman–Crippen LogP) is 2.08. The summed E-state index contributed by atoms with van der Waals surface area (Å²) in [7, 11) is 0. The highest BCUT2D eigenvalue weighted by atomic mass is 16.3. The smallest absolute Gasteiger partial charge is 0.295 e. The van der Waals surface area contributed by atoms with Crippen LogP contribution in [0.2, 0.25) is 0 Å². The third-order valence-corrected chi connectivity index (χ3v) is 5.01. The molecule has 1 aliphatic heterocycles. The lowest BCUT2D eigenvalue weighted by Crippen LogP contribution is -2.54. The maximum Gasteiger partial charge on any atom is 0.295 e. The average Bonchev–Trinajstić information content (AvgIpc) is 2.61. The van der Waals surface area contributed by atoms with Gasteiger partial charge in [-0.25, -0.2) is 0 Å². The van der Waals surface area contributed by atoms with Gasteiger partial charge in [0, 0.05) is 37.8 Å². The van der Waals surface area contributed by atoms with Crippen LogP contribution in [0, 0.1) is 0 Å². The Kier molecular flexibility index (Phi) is 6.36. The summed E-state index contributed by atoms with van der Waals surface area (Å²) in [6.45, 7) is 11.0. The average molecular weight is 346 g/mol. The molecule has 1 fully saturated rings. The Bertz CT molecular complexity index is 592. The van der Waals surface area contributed by atoms with E-state index in [4.69, 9.17) is 0 Å². The van der Waals surface area contributed by atoms with Crippen LogP contribution in [0.1, 0.15) is 50.0 Å². The fourth-order valence-electron chi connectivity index (χ4n) is 3.18. The molecule has 1 aromatic rings. The molecule has 1 amide bonds. The van der Waals surface area contributed by atoms with Gasteiger partial charge in [-0.2, -0.15) is 0 Å². The highest BCUT2D eigenvalue weighted by Crippen LogP contribution is 2.22. The normalized spacial score (nSPS) is 17.4. The molecule has 5 heteroatoms. The van der Waals surface area contributed by atoms with Crippen LogP contribution in [0.5, 0.6) is 0 Å². The third kappa shape index (κ3) is 4.67. The zero-order valence-electron chi connectivity index (χ0n) is 15.8. The summed E-state index contributed by atoms with van der Waals surface area (Å²) in [5.74, 6) is -0.872. The van der Waals surface area contributed by atoms with E-state index in [1.807, 2.05) is 19.1 Å². The number of hydrogen-bond acceptors (Lipinski definition) is 4. The molecular weight excluding hydrogens is 316 g/mol. The molecule has 0 bridgehead atoms. The van der Waals surface area contributed by atoms with Gasteiger partial charge in [-0.05, 0) is 17.4 Å². The lowest BCUT2D eigenvalue weighted by molar-refractivity contribution is -0.128. The Hall–Kier alpha value is -1.72. The van der Waals surface area contributed by atoms with Crippen LogP contribution in [0.4, 0.5) is 0 Å². The standard InChI is InChI=1S/C20H30N2O3/c1-5-17(14-23)21-10-12-22(13-11-21)19(25)18(24)15-6-8-16(9-7-15)20(2,3)4/h6-9,17,23H,5,10-14H2,1-4H3. The molecule has 1 atom stereocenters. The van der Waals surface area contributed by atoms with Gasteiger partial charge in [0.1, 0.15) is 0 Å². The van der Waals surface area contributed by atoms with Crippen molar-refractivity contribution in [2.75, 3.05) is 32.8 Å². The number of nitrogens with zero attached hydrogens (tertiary/aromatic N) is 2. The lowest BCUT2D eigenvalue weighted by Gasteiger charge is -2.38. The second-order valence-electron chi connectivity index (χ2n) is 7.73. The number of hydrogen-bond donors (Lipinski definition) is 1. The van der Waals surface area contributed by atoms with Crippen LogP contribution in [0.15, 0.2) is 24.3 Å². The summed E-state index contributed by atoms with van der Waals surface area (Å²) in [5.41, 5.74) is 1.60. The number of Topliss-reactive ketones (excluding diaryl/α,β-unsaturated/α-hetero) is 1. The summed E-state index contributed by atoms with van der Waals surface area (Å²) >= 11 is 0. The topological polar surface area (TPSA) is 60.9 Å².